The van der Waals surface area contributed by atoms with Gasteiger partial charge < -0.3 is 20.8 Å². The van der Waals surface area contributed by atoms with Crippen molar-refractivity contribution in [3.8, 4) is 0 Å². The Bertz CT molecular complexity index is 875. The molecule has 7 heteroatoms. The van der Waals surface area contributed by atoms with E-state index in [1.165, 1.54) is 6.26 Å². The van der Waals surface area contributed by atoms with E-state index in [1.54, 1.807) is 18.3 Å². The number of carbonyl (C=O) groups is 1. The Labute approximate surface area is 157 Å². The molecule has 1 amide bonds. The van der Waals surface area contributed by atoms with Crippen molar-refractivity contribution in [2.24, 2.45) is 10.7 Å². The Hall–Kier alpha value is -3.61. The van der Waals surface area contributed by atoms with E-state index in [0.717, 1.165) is 17.7 Å². The van der Waals surface area contributed by atoms with Crippen molar-refractivity contribution in [1.29, 1.82) is 0 Å². The van der Waals surface area contributed by atoms with Crippen LogP contribution < -0.4 is 16.4 Å². The third kappa shape index (κ3) is 5.71. The van der Waals surface area contributed by atoms with Crippen LogP contribution in [0.25, 0.3) is 0 Å². The molecule has 2 heterocycles. The number of aromatic nitrogens is 1. The van der Waals surface area contributed by atoms with Crippen LogP contribution in [0.1, 0.15) is 21.8 Å². The van der Waals surface area contributed by atoms with E-state index >= 15 is 0 Å². The number of furan rings is 1. The summed E-state index contributed by atoms with van der Waals surface area (Å²) in [6.45, 7) is 1.12. The van der Waals surface area contributed by atoms with Gasteiger partial charge in [0.15, 0.2) is 11.7 Å². The van der Waals surface area contributed by atoms with Crippen LogP contribution in [0, 0.1) is 0 Å². The maximum atomic E-state index is 11.9. The fourth-order valence-electron chi connectivity index (χ4n) is 2.39. The van der Waals surface area contributed by atoms with Gasteiger partial charge in [0.2, 0.25) is 0 Å². The molecule has 3 aromatic rings. The number of rotatable bonds is 7. The van der Waals surface area contributed by atoms with Crippen LogP contribution in [0.4, 0.5) is 5.69 Å². The van der Waals surface area contributed by atoms with Crippen LogP contribution in [-0.4, -0.2) is 23.4 Å². The van der Waals surface area contributed by atoms with Crippen LogP contribution in [-0.2, 0) is 13.0 Å². The van der Waals surface area contributed by atoms with Gasteiger partial charge in [-0.2, -0.15) is 0 Å². The summed E-state index contributed by atoms with van der Waals surface area (Å²) in [6.07, 6.45) is 4.01. The molecular formula is C20H21N5O2. The number of amides is 1. The Morgan fingerprint density at radius 3 is 2.67 bits per heavy atom. The number of pyridine rings is 1. The molecule has 0 aliphatic carbocycles. The van der Waals surface area contributed by atoms with Crippen molar-refractivity contribution >= 4 is 17.6 Å². The van der Waals surface area contributed by atoms with E-state index in [2.05, 4.69) is 20.6 Å². The number of nitrogens with two attached hydrogens (primary N) is 1. The van der Waals surface area contributed by atoms with Crippen LogP contribution in [0.2, 0.25) is 0 Å². The maximum absolute atomic E-state index is 11.9. The van der Waals surface area contributed by atoms with E-state index in [1.807, 2.05) is 42.5 Å². The smallest absolute Gasteiger partial charge is 0.291 e. The summed E-state index contributed by atoms with van der Waals surface area (Å²) in [6, 6.07) is 16.5. The van der Waals surface area contributed by atoms with Crippen LogP contribution >= 0.6 is 0 Å². The van der Waals surface area contributed by atoms with Gasteiger partial charge in [-0.1, -0.05) is 18.2 Å². The minimum Gasteiger partial charge on any atom is -0.459 e. The summed E-state index contributed by atoms with van der Waals surface area (Å²) in [4.78, 5) is 20.5. The van der Waals surface area contributed by atoms with Crippen molar-refractivity contribution in [1.82, 2.24) is 10.3 Å². The normalized spacial score (nSPS) is 11.2. The second-order valence-electron chi connectivity index (χ2n) is 5.83. The molecule has 0 saturated carbocycles. The quantitative estimate of drug-likeness (QED) is 0.442. The number of nitrogens with zero attached hydrogens (tertiary/aromatic N) is 2. The molecule has 0 spiro atoms. The largest absolute Gasteiger partial charge is 0.459 e. The lowest BCUT2D eigenvalue weighted by Crippen LogP contribution is -2.33. The molecule has 0 fully saturated rings. The van der Waals surface area contributed by atoms with Gasteiger partial charge in [0.25, 0.3) is 5.91 Å². The fourth-order valence-corrected chi connectivity index (χ4v) is 2.39. The molecule has 0 aliphatic rings. The summed E-state index contributed by atoms with van der Waals surface area (Å²) in [5.41, 5.74) is 8.56. The Kier molecular flexibility index (Phi) is 6.19. The standard InChI is InChI=1S/C20H21N5O2/c21-20(23-12-10-16-4-1-2-11-22-16)24-14-15-6-8-17(9-7-15)25-19(26)18-5-3-13-27-18/h1-9,11,13H,10,12,14H2,(H,25,26)(H3,21,23,24). The number of aliphatic imine (C=N–C) groups is 1. The van der Waals surface area contributed by atoms with Crippen LogP contribution in [0.3, 0.4) is 0 Å². The number of guanidine groups is 1. The third-order valence-electron chi connectivity index (χ3n) is 3.80. The molecule has 0 radical (unpaired) electrons. The first-order valence-electron chi connectivity index (χ1n) is 8.58. The second-order valence-corrected chi connectivity index (χ2v) is 5.83. The molecule has 0 atom stereocenters. The molecule has 3 rings (SSSR count). The molecular weight excluding hydrogens is 342 g/mol. The molecule has 7 nitrogen and oxygen atoms in total. The molecule has 2 aromatic heterocycles. The second kappa shape index (κ2) is 9.19. The summed E-state index contributed by atoms with van der Waals surface area (Å²) in [5.74, 6) is 0.376. The van der Waals surface area contributed by atoms with Crippen molar-refractivity contribution in [2.75, 3.05) is 11.9 Å². The highest BCUT2D eigenvalue weighted by Crippen LogP contribution is 2.12. The monoisotopic (exact) mass is 363 g/mol. The lowest BCUT2D eigenvalue weighted by molar-refractivity contribution is 0.0996. The highest BCUT2D eigenvalue weighted by Gasteiger charge is 2.08. The highest BCUT2D eigenvalue weighted by molar-refractivity contribution is 6.02. The first-order chi connectivity index (χ1) is 13.2. The first kappa shape index (κ1) is 18.2. The van der Waals surface area contributed by atoms with E-state index in [-0.39, 0.29) is 11.7 Å². The van der Waals surface area contributed by atoms with E-state index < -0.39 is 0 Å². The molecule has 0 saturated heterocycles. The maximum Gasteiger partial charge on any atom is 0.291 e. The molecule has 27 heavy (non-hydrogen) atoms. The molecule has 1 aromatic carbocycles. The van der Waals surface area contributed by atoms with Gasteiger partial charge >= 0.3 is 0 Å². The predicted octanol–water partition coefficient (Wildman–Crippen LogP) is 2.57. The zero-order valence-corrected chi connectivity index (χ0v) is 14.8. The molecule has 0 unspecified atom stereocenters. The van der Waals surface area contributed by atoms with Gasteiger partial charge in [0.05, 0.1) is 12.8 Å². The Balaban J connectivity index is 1.44. The van der Waals surface area contributed by atoms with Gasteiger partial charge in [-0.05, 0) is 42.0 Å². The molecule has 0 aliphatic heterocycles. The highest BCUT2D eigenvalue weighted by atomic mass is 16.3. The third-order valence-corrected chi connectivity index (χ3v) is 3.80. The van der Waals surface area contributed by atoms with Crippen molar-refractivity contribution in [3.63, 3.8) is 0 Å². The average Bonchev–Trinajstić information content (AvgIpc) is 3.23. The van der Waals surface area contributed by atoms with E-state index in [0.29, 0.717) is 24.7 Å². The SMILES string of the molecule is NC(=NCc1ccc(NC(=O)c2ccco2)cc1)NCCc1ccccn1. The number of carbonyl (C=O) groups excluding carboxylic acids is 1. The summed E-state index contributed by atoms with van der Waals surface area (Å²) >= 11 is 0. The lowest BCUT2D eigenvalue weighted by Gasteiger charge is -2.06. The molecule has 138 valence electrons. The number of nitrogens with one attached hydrogen (secondary N) is 2. The zero-order valence-electron chi connectivity index (χ0n) is 14.8. The van der Waals surface area contributed by atoms with Gasteiger partial charge in [0, 0.05) is 30.5 Å². The minimum atomic E-state index is -0.285. The van der Waals surface area contributed by atoms with Gasteiger partial charge in [-0.3, -0.25) is 9.78 Å². The topological polar surface area (TPSA) is 106 Å². The number of hydrogen-bond acceptors (Lipinski definition) is 4. The van der Waals surface area contributed by atoms with Crippen LogP contribution in [0.5, 0.6) is 0 Å². The zero-order chi connectivity index (χ0) is 18.9. The summed E-state index contributed by atoms with van der Waals surface area (Å²) in [5, 5.41) is 5.84. The number of hydrogen-bond donors (Lipinski definition) is 3. The Morgan fingerprint density at radius 2 is 1.96 bits per heavy atom. The van der Waals surface area contributed by atoms with Crippen LogP contribution in [0.15, 0.2) is 76.5 Å². The molecule has 4 N–H and O–H groups in total. The predicted molar refractivity (Wildman–Crippen MR) is 104 cm³/mol. The van der Waals surface area contributed by atoms with Crippen molar-refractivity contribution in [2.45, 2.75) is 13.0 Å². The first-order valence-corrected chi connectivity index (χ1v) is 8.58. The summed E-state index contributed by atoms with van der Waals surface area (Å²) in [7, 11) is 0. The molecule has 0 bridgehead atoms. The van der Waals surface area contributed by atoms with Crippen molar-refractivity contribution < 1.29 is 9.21 Å². The fraction of sp³-hybridized carbons (Fsp3) is 0.150. The average molecular weight is 363 g/mol. The van der Waals surface area contributed by atoms with Crippen molar-refractivity contribution in [3.05, 3.63) is 84.1 Å². The Morgan fingerprint density at radius 1 is 1.11 bits per heavy atom. The number of benzene rings is 1. The van der Waals surface area contributed by atoms with Gasteiger partial charge in [0.1, 0.15) is 0 Å². The van der Waals surface area contributed by atoms with E-state index in [9.17, 15) is 4.79 Å². The van der Waals surface area contributed by atoms with Gasteiger partial charge in [-0.25, -0.2) is 4.99 Å². The summed E-state index contributed by atoms with van der Waals surface area (Å²) < 4.78 is 5.06. The van der Waals surface area contributed by atoms with E-state index in [4.69, 9.17) is 10.2 Å². The lowest BCUT2D eigenvalue weighted by atomic mass is 10.2. The number of anilines is 1. The van der Waals surface area contributed by atoms with Gasteiger partial charge in [-0.15, -0.1) is 0 Å². The minimum absolute atomic E-state index is 0.272.